The molecule has 1 aromatic rings. The maximum atomic E-state index is 11.8. The van der Waals surface area contributed by atoms with Gasteiger partial charge in [-0.2, -0.15) is 0 Å². The average Bonchev–Trinajstić information content (AvgIpc) is 2.63. The van der Waals surface area contributed by atoms with Gasteiger partial charge in [0, 0.05) is 30.4 Å². The quantitative estimate of drug-likeness (QED) is 0.617. The van der Waals surface area contributed by atoms with Crippen LogP contribution in [0.15, 0.2) is 18.3 Å². The molecule has 0 saturated heterocycles. The van der Waals surface area contributed by atoms with Crippen molar-refractivity contribution in [2.24, 2.45) is 35.3 Å². The third-order valence-electron chi connectivity index (χ3n) is 7.36. The molecule has 2 atom stereocenters. The molecule has 6 heteroatoms. The van der Waals surface area contributed by atoms with E-state index in [-0.39, 0.29) is 18.4 Å². The molecular formula is C23H34N2O4. The van der Waals surface area contributed by atoms with E-state index in [1.165, 1.54) is 32.1 Å². The minimum absolute atomic E-state index is 0.130. The molecule has 0 unspecified atom stereocenters. The Morgan fingerprint density at radius 2 is 1.86 bits per heavy atom. The molecule has 29 heavy (non-hydrogen) atoms. The van der Waals surface area contributed by atoms with Crippen LogP contribution in [0.5, 0.6) is 5.75 Å². The van der Waals surface area contributed by atoms with Gasteiger partial charge in [-0.15, -0.1) is 0 Å². The van der Waals surface area contributed by atoms with Crippen LogP contribution in [0.3, 0.4) is 0 Å². The molecule has 1 aromatic heterocycles. The normalized spacial score (nSPS) is 33.5. The first-order valence-corrected chi connectivity index (χ1v) is 11.1. The fraction of sp³-hybridized carbons (Fsp3) is 0.739. The molecule has 0 radical (unpaired) electrons. The maximum Gasteiger partial charge on any atom is 0.337 e. The van der Waals surface area contributed by atoms with E-state index >= 15 is 0 Å². The summed E-state index contributed by atoms with van der Waals surface area (Å²) in [5, 5.41) is 20.5. The summed E-state index contributed by atoms with van der Waals surface area (Å²) in [5.74, 6) is 2.65. The number of aliphatic carboxylic acids is 1. The van der Waals surface area contributed by atoms with Gasteiger partial charge in [0.15, 0.2) is 5.60 Å². The Labute approximate surface area is 172 Å². The van der Waals surface area contributed by atoms with Crippen molar-refractivity contribution in [2.75, 3.05) is 0 Å². The Hall–Kier alpha value is -1.66. The molecule has 0 aromatic carbocycles. The van der Waals surface area contributed by atoms with Crippen molar-refractivity contribution in [1.82, 2.24) is 4.98 Å². The average molecular weight is 403 g/mol. The minimum atomic E-state index is -2.04. The van der Waals surface area contributed by atoms with E-state index in [2.05, 4.69) is 4.98 Å². The van der Waals surface area contributed by atoms with Crippen LogP contribution in [0.2, 0.25) is 0 Å². The predicted molar refractivity (Wildman–Crippen MR) is 109 cm³/mol. The van der Waals surface area contributed by atoms with Crippen LogP contribution in [0.25, 0.3) is 0 Å². The highest BCUT2D eigenvalue weighted by Crippen LogP contribution is 2.54. The number of ether oxygens (including phenoxy) is 1. The lowest BCUT2D eigenvalue weighted by molar-refractivity contribution is -0.161. The zero-order valence-corrected chi connectivity index (χ0v) is 17.5. The number of carboxylic acids is 1. The van der Waals surface area contributed by atoms with Gasteiger partial charge in [0.1, 0.15) is 11.9 Å². The first kappa shape index (κ1) is 20.6. The lowest BCUT2D eigenvalue weighted by Crippen LogP contribution is -2.56. The number of aliphatic hydroxyl groups is 1. The van der Waals surface area contributed by atoms with Crippen molar-refractivity contribution in [3.8, 4) is 5.75 Å². The van der Waals surface area contributed by atoms with E-state index in [1.807, 2.05) is 19.9 Å². The lowest BCUT2D eigenvalue weighted by atomic mass is 9.55. The van der Waals surface area contributed by atoms with Gasteiger partial charge in [-0.1, -0.05) is 13.8 Å². The SMILES string of the molecule is CC(C)C[C@H](N)[C@](O)(Cc1cc(OC2C3CC4CC(C3)CC2C4)ccn1)C(=O)O. The summed E-state index contributed by atoms with van der Waals surface area (Å²) in [4.78, 5) is 16.1. The second-order valence-corrected chi connectivity index (χ2v) is 10.1. The summed E-state index contributed by atoms with van der Waals surface area (Å²) in [6.07, 6.45) is 8.69. The van der Waals surface area contributed by atoms with Crippen molar-refractivity contribution < 1.29 is 19.7 Å². The summed E-state index contributed by atoms with van der Waals surface area (Å²) in [6, 6.07) is 2.75. The molecule has 0 aliphatic heterocycles. The monoisotopic (exact) mass is 402 g/mol. The largest absolute Gasteiger partial charge is 0.490 e. The fourth-order valence-corrected chi connectivity index (χ4v) is 6.20. The number of aromatic nitrogens is 1. The van der Waals surface area contributed by atoms with Crippen LogP contribution in [0.1, 0.15) is 58.1 Å². The number of pyridine rings is 1. The molecule has 4 aliphatic rings. The maximum absolute atomic E-state index is 11.8. The number of hydrogen-bond acceptors (Lipinski definition) is 5. The van der Waals surface area contributed by atoms with Crippen LogP contribution in [0.4, 0.5) is 0 Å². The summed E-state index contributed by atoms with van der Waals surface area (Å²) in [7, 11) is 0. The van der Waals surface area contributed by atoms with Crippen LogP contribution in [0, 0.1) is 29.6 Å². The molecule has 4 fully saturated rings. The molecular weight excluding hydrogens is 368 g/mol. The molecule has 5 rings (SSSR count). The van der Waals surface area contributed by atoms with Crippen molar-refractivity contribution in [2.45, 2.75) is 76.5 Å². The molecule has 1 heterocycles. The summed E-state index contributed by atoms with van der Waals surface area (Å²) in [6.45, 7) is 3.92. The van der Waals surface area contributed by atoms with Crippen molar-refractivity contribution in [1.29, 1.82) is 0 Å². The third kappa shape index (κ3) is 4.15. The highest BCUT2D eigenvalue weighted by Gasteiger charge is 2.49. The number of hydrogen-bond donors (Lipinski definition) is 3. The van der Waals surface area contributed by atoms with Crippen LogP contribution < -0.4 is 10.5 Å². The van der Waals surface area contributed by atoms with E-state index < -0.39 is 17.6 Å². The van der Waals surface area contributed by atoms with E-state index in [0.29, 0.717) is 24.0 Å². The Bertz CT molecular complexity index is 724. The summed E-state index contributed by atoms with van der Waals surface area (Å²) >= 11 is 0. The van der Waals surface area contributed by atoms with Gasteiger partial charge in [-0.3, -0.25) is 4.98 Å². The second-order valence-electron chi connectivity index (χ2n) is 10.1. The molecule has 0 spiro atoms. The van der Waals surface area contributed by atoms with Crippen LogP contribution in [-0.4, -0.2) is 38.9 Å². The van der Waals surface area contributed by atoms with Gasteiger partial charge in [-0.05, 0) is 74.2 Å². The number of rotatable bonds is 8. The zero-order valence-electron chi connectivity index (χ0n) is 17.5. The number of nitrogens with zero attached hydrogens (tertiary/aromatic N) is 1. The predicted octanol–water partition coefficient (Wildman–Crippen LogP) is 3.02. The number of nitrogens with two attached hydrogens (primary N) is 1. The Kier molecular flexibility index (Phi) is 5.60. The van der Waals surface area contributed by atoms with Gasteiger partial charge in [0.05, 0.1) is 0 Å². The van der Waals surface area contributed by atoms with Gasteiger partial charge in [0.2, 0.25) is 0 Å². The Balaban J connectivity index is 1.47. The van der Waals surface area contributed by atoms with Crippen molar-refractivity contribution in [3.05, 3.63) is 24.0 Å². The Morgan fingerprint density at radius 3 is 2.41 bits per heavy atom. The molecule has 0 amide bonds. The topological polar surface area (TPSA) is 106 Å². The highest BCUT2D eigenvalue weighted by molar-refractivity contribution is 5.78. The van der Waals surface area contributed by atoms with Gasteiger partial charge in [-0.25, -0.2) is 4.79 Å². The lowest BCUT2D eigenvalue weighted by Gasteiger charge is -2.53. The molecule has 160 valence electrons. The van der Waals surface area contributed by atoms with Gasteiger partial charge < -0.3 is 20.7 Å². The van der Waals surface area contributed by atoms with E-state index in [9.17, 15) is 15.0 Å². The number of carbonyl (C=O) groups is 1. The van der Waals surface area contributed by atoms with Crippen LogP contribution >= 0.6 is 0 Å². The third-order valence-corrected chi connectivity index (χ3v) is 7.36. The summed E-state index contributed by atoms with van der Waals surface area (Å²) < 4.78 is 6.43. The van der Waals surface area contributed by atoms with Crippen molar-refractivity contribution in [3.63, 3.8) is 0 Å². The van der Waals surface area contributed by atoms with E-state index in [4.69, 9.17) is 10.5 Å². The molecule has 6 nitrogen and oxygen atoms in total. The Morgan fingerprint density at radius 1 is 1.24 bits per heavy atom. The second kappa shape index (κ2) is 7.88. The zero-order chi connectivity index (χ0) is 20.8. The standard InChI is InChI=1S/C23H34N2O4/c1-13(2)5-20(24)23(28,22(26)27)12-18-11-19(3-4-25-18)29-21-16-7-14-6-15(9-16)10-17(21)8-14/h3-4,11,13-17,20-21,28H,5-10,12,24H2,1-2H3,(H,26,27)/t14?,15?,16?,17?,20-,21?,23+/m0/s1. The highest BCUT2D eigenvalue weighted by atomic mass is 16.5. The minimum Gasteiger partial charge on any atom is -0.490 e. The van der Waals surface area contributed by atoms with E-state index in [1.54, 1.807) is 12.3 Å². The number of carboxylic acid groups (broad SMARTS) is 1. The smallest absolute Gasteiger partial charge is 0.337 e. The first-order valence-electron chi connectivity index (χ1n) is 11.1. The molecule has 4 bridgehead atoms. The molecule has 4 saturated carbocycles. The first-order chi connectivity index (χ1) is 13.7. The van der Waals surface area contributed by atoms with E-state index in [0.717, 1.165) is 17.6 Å². The van der Waals surface area contributed by atoms with Gasteiger partial charge in [0.25, 0.3) is 0 Å². The van der Waals surface area contributed by atoms with Gasteiger partial charge >= 0.3 is 5.97 Å². The van der Waals surface area contributed by atoms with Crippen LogP contribution in [-0.2, 0) is 11.2 Å². The summed E-state index contributed by atoms with van der Waals surface area (Å²) in [5.41, 5.74) is 4.53. The molecule has 4 N–H and O–H groups in total. The van der Waals surface area contributed by atoms with Crippen molar-refractivity contribution >= 4 is 5.97 Å². The fourth-order valence-electron chi connectivity index (χ4n) is 6.20. The molecule has 4 aliphatic carbocycles.